The Kier molecular flexibility index (Phi) is 5.47. The standard InChI is InChI=1S/C14H22N2OS/c1-3-15-9-12-8-11(2)14(16-10-12)18-13-4-6-17-7-5-13/h8,10,13,15H,3-7,9H2,1-2H3. The Morgan fingerprint density at radius 3 is 2.89 bits per heavy atom. The van der Waals surface area contributed by atoms with Crippen LogP contribution in [0.4, 0.5) is 0 Å². The first-order chi connectivity index (χ1) is 8.79. The molecule has 0 radical (unpaired) electrons. The minimum absolute atomic E-state index is 0.671. The molecule has 0 spiro atoms. The van der Waals surface area contributed by atoms with Gasteiger partial charge >= 0.3 is 0 Å². The van der Waals surface area contributed by atoms with E-state index in [2.05, 4.69) is 30.2 Å². The van der Waals surface area contributed by atoms with Crippen molar-refractivity contribution in [3.63, 3.8) is 0 Å². The number of thioether (sulfide) groups is 1. The van der Waals surface area contributed by atoms with Gasteiger partial charge in [0, 0.05) is 31.2 Å². The highest BCUT2D eigenvalue weighted by Crippen LogP contribution is 2.30. The molecule has 1 aliphatic rings. The second-order valence-electron chi connectivity index (χ2n) is 4.68. The van der Waals surface area contributed by atoms with Crippen LogP contribution in [-0.4, -0.2) is 30.0 Å². The highest BCUT2D eigenvalue weighted by molar-refractivity contribution is 7.99. The normalized spacial score (nSPS) is 17.0. The summed E-state index contributed by atoms with van der Waals surface area (Å²) >= 11 is 1.91. The largest absolute Gasteiger partial charge is 0.381 e. The SMILES string of the molecule is CCNCc1cnc(SC2CCOCC2)c(C)c1. The summed E-state index contributed by atoms with van der Waals surface area (Å²) in [6, 6.07) is 2.25. The zero-order valence-electron chi connectivity index (χ0n) is 11.2. The van der Waals surface area contributed by atoms with Gasteiger partial charge in [-0.1, -0.05) is 13.0 Å². The van der Waals surface area contributed by atoms with E-state index < -0.39 is 0 Å². The summed E-state index contributed by atoms with van der Waals surface area (Å²) in [6.07, 6.45) is 4.28. The Balaban J connectivity index is 1.95. The van der Waals surface area contributed by atoms with Crippen molar-refractivity contribution in [1.82, 2.24) is 10.3 Å². The van der Waals surface area contributed by atoms with E-state index in [1.807, 2.05) is 18.0 Å². The molecule has 0 saturated carbocycles. The van der Waals surface area contributed by atoms with Gasteiger partial charge in [0.05, 0.1) is 5.03 Å². The first-order valence-corrected chi connectivity index (χ1v) is 7.58. The average Bonchev–Trinajstić information content (AvgIpc) is 2.40. The maximum Gasteiger partial charge on any atom is 0.0991 e. The summed E-state index contributed by atoms with van der Waals surface area (Å²) in [5.74, 6) is 0. The third-order valence-electron chi connectivity index (χ3n) is 3.11. The predicted molar refractivity (Wildman–Crippen MR) is 76.1 cm³/mol. The lowest BCUT2D eigenvalue weighted by molar-refractivity contribution is 0.1000. The van der Waals surface area contributed by atoms with Crippen LogP contribution >= 0.6 is 11.8 Å². The van der Waals surface area contributed by atoms with Gasteiger partial charge in [0.15, 0.2) is 0 Å². The molecule has 0 aliphatic carbocycles. The molecule has 2 rings (SSSR count). The number of pyridine rings is 1. The smallest absolute Gasteiger partial charge is 0.0991 e. The summed E-state index contributed by atoms with van der Waals surface area (Å²) in [7, 11) is 0. The molecule has 100 valence electrons. The summed E-state index contributed by atoms with van der Waals surface area (Å²) in [5.41, 5.74) is 2.56. The van der Waals surface area contributed by atoms with Crippen LogP contribution in [0, 0.1) is 6.92 Å². The molecular formula is C14H22N2OS. The lowest BCUT2D eigenvalue weighted by Gasteiger charge is -2.21. The van der Waals surface area contributed by atoms with E-state index in [0.717, 1.165) is 39.1 Å². The van der Waals surface area contributed by atoms with Crippen LogP contribution in [0.25, 0.3) is 0 Å². The van der Waals surface area contributed by atoms with Gasteiger partial charge in [-0.05, 0) is 37.4 Å². The Morgan fingerprint density at radius 2 is 2.22 bits per heavy atom. The van der Waals surface area contributed by atoms with Crippen LogP contribution in [0.1, 0.15) is 30.9 Å². The van der Waals surface area contributed by atoms with Crippen LogP contribution in [-0.2, 0) is 11.3 Å². The minimum Gasteiger partial charge on any atom is -0.381 e. The van der Waals surface area contributed by atoms with E-state index in [1.54, 1.807) is 0 Å². The molecule has 1 N–H and O–H groups in total. The van der Waals surface area contributed by atoms with Crippen molar-refractivity contribution in [2.45, 2.75) is 43.5 Å². The fourth-order valence-corrected chi connectivity index (χ4v) is 3.16. The maximum absolute atomic E-state index is 5.39. The fraction of sp³-hybridized carbons (Fsp3) is 0.643. The minimum atomic E-state index is 0.671. The summed E-state index contributed by atoms with van der Waals surface area (Å²) in [4.78, 5) is 4.61. The Labute approximate surface area is 114 Å². The van der Waals surface area contributed by atoms with Gasteiger partial charge in [-0.3, -0.25) is 0 Å². The van der Waals surface area contributed by atoms with Crippen LogP contribution in [0.3, 0.4) is 0 Å². The number of ether oxygens (including phenoxy) is 1. The molecule has 0 unspecified atom stereocenters. The van der Waals surface area contributed by atoms with Crippen molar-refractivity contribution in [2.75, 3.05) is 19.8 Å². The molecule has 2 heterocycles. The molecule has 1 aromatic heterocycles. The van der Waals surface area contributed by atoms with Crippen LogP contribution in [0.15, 0.2) is 17.3 Å². The molecule has 1 fully saturated rings. The summed E-state index contributed by atoms with van der Waals surface area (Å²) in [5, 5.41) is 5.18. The lowest BCUT2D eigenvalue weighted by atomic mass is 10.2. The van der Waals surface area contributed by atoms with Crippen molar-refractivity contribution < 1.29 is 4.74 Å². The second-order valence-corrected chi connectivity index (χ2v) is 5.96. The molecule has 4 heteroatoms. The monoisotopic (exact) mass is 266 g/mol. The van der Waals surface area contributed by atoms with Crippen molar-refractivity contribution in [1.29, 1.82) is 0 Å². The Morgan fingerprint density at radius 1 is 1.44 bits per heavy atom. The predicted octanol–water partition coefficient (Wildman–Crippen LogP) is 2.77. The first-order valence-electron chi connectivity index (χ1n) is 6.70. The van der Waals surface area contributed by atoms with Gasteiger partial charge in [0.25, 0.3) is 0 Å². The first kappa shape index (κ1) is 13.8. The van der Waals surface area contributed by atoms with Crippen molar-refractivity contribution in [3.05, 3.63) is 23.4 Å². The fourth-order valence-electron chi connectivity index (χ4n) is 2.06. The Hall–Kier alpha value is -0.580. The molecule has 0 aromatic carbocycles. The average molecular weight is 266 g/mol. The van der Waals surface area contributed by atoms with E-state index in [9.17, 15) is 0 Å². The van der Waals surface area contributed by atoms with Crippen molar-refractivity contribution >= 4 is 11.8 Å². The molecule has 0 bridgehead atoms. The Bertz CT molecular complexity index is 378. The quantitative estimate of drug-likeness (QED) is 0.888. The second kappa shape index (κ2) is 7.12. The molecule has 1 aromatic rings. The highest BCUT2D eigenvalue weighted by atomic mass is 32.2. The number of rotatable bonds is 5. The molecule has 0 atom stereocenters. The summed E-state index contributed by atoms with van der Waals surface area (Å²) < 4.78 is 5.39. The molecule has 1 aliphatic heterocycles. The van der Waals surface area contributed by atoms with Gasteiger partial charge < -0.3 is 10.1 Å². The molecular weight excluding hydrogens is 244 g/mol. The zero-order chi connectivity index (χ0) is 12.8. The van der Waals surface area contributed by atoms with Crippen LogP contribution in [0.2, 0.25) is 0 Å². The highest BCUT2D eigenvalue weighted by Gasteiger charge is 2.16. The summed E-state index contributed by atoms with van der Waals surface area (Å²) in [6.45, 7) is 7.98. The molecule has 1 saturated heterocycles. The van der Waals surface area contributed by atoms with Crippen molar-refractivity contribution in [2.24, 2.45) is 0 Å². The van der Waals surface area contributed by atoms with E-state index in [4.69, 9.17) is 4.74 Å². The molecule has 3 nitrogen and oxygen atoms in total. The van der Waals surface area contributed by atoms with Crippen LogP contribution in [0.5, 0.6) is 0 Å². The third kappa shape index (κ3) is 3.97. The third-order valence-corrected chi connectivity index (χ3v) is 4.57. The van der Waals surface area contributed by atoms with Gasteiger partial charge in [0.2, 0.25) is 0 Å². The van der Waals surface area contributed by atoms with E-state index in [-0.39, 0.29) is 0 Å². The number of nitrogens with zero attached hydrogens (tertiary/aromatic N) is 1. The lowest BCUT2D eigenvalue weighted by Crippen LogP contribution is -2.17. The van der Waals surface area contributed by atoms with Gasteiger partial charge in [-0.15, -0.1) is 11.8 Å². The van der Waals surface area contributed by atoms with E-state index in [1.165, 1.54) is 16.2 Å². The number of aromatic nitrogens is 1. The molecule has 18 heavy (non-hydrogen) atoms. The number of aryl methyl sites for hydroxylation is 1. The topological polar surface area (TPSA) is 34.2 Å². The van der Waals surface area contributed by atoms with Crippen molar-refractivity contribution in [3.8, 4) is 0 Å². The number of hydrogen-bond donors (Lipinski definition) is 1. The van der Waals surface area contributed by atoms with Crippen LogP contribution < -0.4 is 5.32 Å². The van der Waals surface area contributed by atoms with E-state index in [0.29, 0.717) is 5.25 Å². The maximum atomic E-state index is 5.39. The molecule has 0 amide bonds. The van der Waals surface area contributed by atoms with Gasteiger partial charge in [-0.2, -0.15) is 0 Å². The number of hydrogen-bond acceptors (Lipinski definition) is 4. The van der Waals surface area contributed by atoms with Gasteiger partial charge in [-0.25, -0.2) is 4.98 Å². The number of nitrogens with one attached hydrogen (secondary N) is 1. The van der Waals surface area contributed by atoms with Gasteiger partial charge in [0.1, 0.15) is 0 Å². The van der Waals surface area contributed by atoms with E-state index >= 15 is 0 Å². The zero-order valence-corrected chi connectivity index (χ0v) is 12.1.